The van der Waals surface area contributed by atoms with Gasteiger partial charge in [0.1, 0.15) is 0 Å². The van der Waals surface area contributed by atoms with Crippen LogP contribution in [0.2, 0.25) is 0 Å². The molecule has 4 rings (SSSR count). The van der Waals surface area contributed by atoms with Crippen molar-refractivity contribution in [3.63, 3.8) is 0 Å². The molecule has 2 N–H and O–H groups in total. The summed E-state index contributed by atoms with van der Waals surface area (Å²) in [5, 5.41) is 25.7. The van der Waals surface area contributed by atoms with Gasteiger partial charge < -0.3 is 10.2 Å². The highest BCUT2D eigenvalue weighted by atomic mass is 16.5. The van der Waals surface area contributed by atoms with E-state index in [-0.39, 0.29) is 0 Å². The van der Waals surface area contributed by atoms with Gasteiger partial charge in [-0.15, -0.1) is 0 Å². The topological polar surface area (TPSA) is 40.5 Å². The molecule has 0 aliphatic heterocycles. The lowest BCUT2D eigenvalue weighted by molar-refractivity contribution is -0.0412. The molecule has 19 heavy (non-hydrogen) atoms. The van der Waals surface area contributed by atoms with E-state index in [0.29, 0.717) is 5.56 Å². The van der Waals surface area contributed by atoms with Crippen LogP contribution in [0.4, 0.5) is 0 Å². The predicted molar refractivity (Wildman–Crippen MR) is 77.3 cm³/mol. The van der Waals surface area contributed by atoms with E-state index in [0.717, 1.165) is 16.2 Å². The third-order valence-electron chi connectivity index (χ3n) is 3.84. The first kappa shape index (κ1) is 10.7. The fourth-order valence-corrected chi connectivity index (χ4v) is 2.98. The Kier molecular flexibility index (Phi) is 2.07. The van der Waals surface area contributed by atoms with E-state index in [1.165, 1.54) is 16.2 Å². The summed E-state index contributed by atoms with van der Waals surface area (Å²) >= 11 is 0. The van der Waals surface area contributed by atoms with E-state index in [2.05, 4.69) is 24.3 Å². The third-order valence-corrected chi connectivity index (χ3v) is 3.84. The van der Waals surface area contributed by atoms with E-state index >= 15 is 0 Å². The Morgan fingerprint density at radius 3 is 1.89 bits per heavy atom. The average Bonchev–Trinajstić information content (AvgIpc) is 2.44. The first-order valence-electron chi connectivity index (χ1n) is 6.28. The zero-order chi connectivity index (χ0) is 13.0. The van der Waals surface area contributed by atoms with Crippen LogP contribution in [0.15, 0.2) is 54.6 Å². The van der Waals surface area contributed by atoms with Crippen LogP contribution in [0.1, 0.15) is 11.9 Å². The van der Waals surface area contributed by atoms with Crippen molar-refractivity contribution >= 4 is 32.3 Å². The van der Waals surface area contributed by atoms with Crippen LogP contribution in [0, 0.1) is 0 Å². The van der Waals surface area contributed by atoms with Gasteiger partial charge in [0.2, 0.25) is 0 Å². The number of aliphatic hydroxyl groups excluding tert-OH is 1. The van der Waals surface area contributed by atoms with E-state index < -0.39 is 6.29 Å². The van der Waals surface area contributed by atoms with Gasteiger partial charge in [0.25, 0.3) is 0 Å². The molecule has 0 spiro atoms. The van der Waals surface area contributed by atoms with Crippen molar-refractivity contribution in [3.05, 3.63) is 60.2 Å². The Morgan fingerprint density at radius 1 is 0.632 bits per heavy atom. The van der Waals surface area contributed by atoms with Gasteiger partial charge in [-0.2, -0.15) is 0 Å². The minimum atomic E-state index is -1.44. The molecule has 0 aromatic heterocycles. The van der Waals surface area contributed by atoms with Crippen LogP contribution in [-0.2, 0) is 0 Å². The lowest BCUT2D eigenvalue weighted by Crippen LogP contribution is -1.96. The summed E-state index contributed by atoms with van der Waals surface area (Å²) in [5.41, 5.74) is 0.561. The largest absolute Gasteiger partial charge is 0.364 e. The van der Waals surface area contributed by atoms with E-state index in [9.17, 15) is 10.2 Å². The first-order valence-corrected chi connectivity index (χ1v) is 6.28. The first-order chi connectivity index (χ1) is 9.25. The normalized spacial score (nSPS) is 12.2. The second-order valence-electron chi connectivity index (χ2n) is 4.88. The number of rotatable bonds is 1. The molecule has 2 nitrogen and oxygen atoms in total. The monoisotopic (exact) mass is 248 g/mol. The molecule has 0 bridgehead atoms. The van der Waals surface area contributed by atoms with Gasteiger partial charge in [-0.05, 0) is 32.3 Å². The molecule has 0 heterocycles. The van der Waals surface area contributed by atoms with Gasteiger partial charge >= 0.3 is 0 Å². The number of benzene rings is 4. The zero-order valence-corrected chi connectivity index (χ0v) is 10.2. The summed E-state index contributed by atoms with van der Waals surface area (Å²) in [6.45, 7) is 0. The van der Waals surface area contributed by atoms with Crippen LogP contribution < -0.4 is 0 Å². The van der Waals surface area contributed by atoms with Crippen LogP contribution in [0.3, 0.4) is 0 Å². The molecule has 0 radical (unpaired) electrons. The summed E-state index contributed by atoms with van der Waals surface area (Å²) in [5.74, 6) is 0. The van der Waals surface area contributed by atoms with Crippen LogP contribution >= 0.6 is 0 Å². The van der Waals surface area contributed by atoms with E-state index in [1.54, 1.807) is 6.07 Å². The average molecular weight is 248 g/mol. The fourth-order valence-electron chi connectivity index (χ4n) is 2.98. The molecule has 0 aliphatic rings. The van der Waals surface area contributed by atoms with Crippen molar-refractivity contribution in [3.8, 4) is 0 Å². The Hall–Kier alpha value is -2.16. The molecule has 0 fully saturated rings. The zero-order valence-electron chi connectivity index (χ0n) is 10.2. The summed E-state index contributed by atoms with van der Waals surface area (Å²) in [6.07, 6.45) is -1.44. The summed E-state index contributed by atoms with van der Waals surface area (Å²) in [6, 6.07) is 18.1. The Morgan fingerprint density at radius 2 is 1.21 bits per heavy atom. The lowest BCUT2D eigenvalue weighted by Gasteiger charge is -2.14. The van der Waals surface area contributed by atoms with Crippen LogP contribution in [0.5, 0.6) is 0 Å². The highest BCUT2D eigenvalue weighted by Gasteiger charge is 2.13. The predicted octanol–water partition coefficient (Wildman–Crippen LogP) is 3.57. The molecule has 4 aromatic rings. The molecule has 0 amide bonds. The van der Waals surface area contributed by atoms with Crippen LogP contribution in [-0.4, -0.2) is 10.2 Å². The smallest absolute Gasteiger partial charge is 0.179 e. The number of aliphatic hydroxyl groups is 2. The molecule has 0 aliphatic carbocycles. The van der Waals surface area contributed by atoms with Crippen molar-refractivity contribution in [2.24, 2.45) is 0 Å². The van der Waals surface area contributed by atoms with Crippen LogP contribution in [0.25, 0.3) is 32.3 Å². The number of hydrogen-bond donors (Lipinski definition) is 2. The van der Waals surface area contributed by atoms with Gasteiger partial charge in [0.15, 0.2) is 6.29 Å². The molecular formula is C17H12O2. The van der Waals surface area contributed by atoms with Gasteiger partial charge in [0, 0.05) is 5.56 Å². The minimum absolute atomic E-state index is 0.561. The van der Waals surface area contributed by atoms with Crippen molar-refractivity contribution < 1.29 is 10.2 Å². The van der Waals surface area contributed by atoms with Crippen molar-refractivity contribution in [1.29, 1.82) is 0 Å². The minimum Gasteiger partial charge on any atom is -0.364 e. The molecule has 0 atom stereocenters. The van der Waals surface area contributed by atoms with E-state index in [1.807, 2.05) is 24.3 Å². The second-order valence-corrected chi connectivity index (χ2v) is 4.88. The SMILES string of the molecule is OC(O)c1ccc2ccc3cccc4ccc1c2c34. The molecule has 92 valence electrons. The van der Waals surface area contributed by atoms with E-state index in [4.69, 9.17) is 0 Å². The van der Waals surface area contributed by atoms with Crippen molar-refractivity contribution in [2.45, 2.75) is 6.29 Å². The van der Waals surface area contributed by atoms with Crippen molar-refractivity contribution in [2.75, 3.05) is 0 Å². The second kappa shape index (κ2) is 3.67. The third kappa shape index (κ3) is 1.38. The summed E-state index contributed by atoms with van der Waals surface area (Å²) in [7, 11) is 0. The standard InChI is InChI=1S/C17H12O2/c18-17(19)14-9-7-12-5-4-10-2-1-3-11-6-8-13(14)16(12)15(10)11/h1-9,17-19H. The van der Waals surface area contributed by atoms with Crippen molar-refractivity contribution in [1.82, 2.24) is 0 Å². The Labute approximate surface area is 109 Å². The Balaban J connectivity index is 2.35. The molecule has 0 unspecified atom stereocenters. The lowest BCUT2D eigenvalue weighted by atomic mass is 9.92. The maximum atomic E-state index is 9.51. The summed E-state index contributed by atoms with van der Waals surface area (Å²) < 4.78 is 0. The highest BCUT2D eigenvalue weighted by Crippen LogP contribution is 2.36. The molecule has 4 aromatic carbocycles. The van der Waals surface area contributed by atoms with Gasteiger partial charge in [-0.1, -0.05) is 54.6 Å². The van der Waals surface area contributed by atoms with Gasteiger partial charge in [-0.3, -0.25) is 0 Å². The Bertz CT molecular complexity index is 878. The fraction of sp³-hybridized carbons (Fsp3) is 0.0588. The summed E-state index contributed by atoms with van der Waals surface area (Å²) in [4.78, 5) is 0. The number of hydrogen-bond acceptors (Lipinski definition) is 2. The molecular weight excluding hydrogens is 236 g/mol. The maximum absolute atomic E-state index is 9.51. The highest BCUT2D eigenvalue weighted by molar-refractivity contribution is 6.23. The quantitative estimate of drug-likeness (QED) is 0.399. The van der Waals surface area contributed by atoms with Gasteiger partial charge in [0.05, 0.1) is 0 Å². The maximum Gasteiger partial charge on any atom is 0.179 e. The molecule has 2 heteroatoms. The molecule has 0 saturated carbocycles. The van der Waals surface area contributed by atoms with Gasteiger partial charge in [-0.25, -0.2) is 0 Å². The molecule has 0 saturated heterocycles.